The topological polar surface area (TPSA) is 59.8 Å². The third-order valence-electron chi connectivity index (χ3n) is 2.99. The molecule has 0 spiro atoms. The van der Waals surface area contributed by atoms with Gasteiger partial charge in [-0.2, -0.15) is 0 Å². The Morgan fingerprint density at radius 2 is 2.36 bits per heavy atom. The van der Waals surface area contributed by atoms with Crippen LogP contribution in [0.3, 0.4) is 0 Å². The lowest BCUT2D eigenvalue weighted by molar-refractivity contribution is -0.144. The molecule has 1 aliphatic heterocycles. The molecule has 5 nitrogen and oxygen atoms in total. The minimum atomic E-state index is -0.308. The molecule has 1 aromatic heterocycles. The molecule has 1 aliphatic rings. The highest BCUT2D eigenvalue weighted by atomic mass is 32.2. The van der Waals surface area contributed by atoms with Gasteiger partial charge in [-0.25, -0.2) is 0 Å². The molecule has 0 aromatic carbocycles. The van der Waals surface area contributed by atoms with Crippen LogP contribution in [-0.4, -0.2) is 34.2 Å². The van der Waals surface area contributed by atoms with Gasteiger partial charge in [-0.15, -0.1) is 0 Å². The maximum absolute atomic E-state index is 12.3. The van der Waals surface area contributed by atoms with Crippen molar-refractivity contribution in [3.63, 3.8) is 0 Å². The van der Waals surface area contributed by atoms with Crippen LogP contribution in [0.1, 0.15) is 31.9 Å². The molecule has 0 N–H and O–H groups in total. The molecule has 2 rings (SSSR count). The number of hydrogen-bond donors (Lipinski definition) is 0. The van der Waals surface area contributed by atoms with Crippen LogP contribution in [0.4, 0.5) is 0 Å². The maximum Gasteiger partial charge on any atom is 0.307 e. The first kappa shape index (κ1) is 16.8. The zero-order valence-electron chi connectivity index (χ0n) is 12.2. The Morgan fingerprint density at radius 1 is 1.55 bits per heavy atom. The number of carbonyl (C=O) groups excluding carboxylic acids is 2. The molecule has 1 aromatic rings. The summed E-state index contributed by atoms with van der Waals surface area (Å²) in [6.07, 6.45) is 5.15. The minimum absolute atomic E-state index is 0.143. The number of nitrogens with zero attached hydrogens (tertiary/aromatic N) is 1. The predicted octanol–water partition coefficient (Wildman–Crippen LogP) is 3.21. The molecule has 0 aliphatic carbocycles. The first-order chi connectivity index (χ1) is 10.6. The highest BCUT2D eigenvalue weighted by Gasteiger charge is 2.32. The standard InChI is InChI=1S/C15H17NO4S2/c1-2-3-8-20-13(17)6-7-16-14(18)12(22-15(16)21)10-11-5-4-9-19-11/h4-5,9-10H,2-3,6-8H2,1H3/b12-10+. The molecule has 0 saturated carbocycles. The zero-order chi connectivity index (χ0) is 15.9. The molecule has 0 bridgehead atoms. The molecule has 22 heavy (non-hydrogen) atoms. The fourth-order valence-electron chi connectivity index (χ4n) is 1.80. The van der Waals surface area contributed by atoms with Gasteiger partial charge >= 0.3 is 5.97 Å². The van der Waals surface area contributed by atoms with Gasteiger partial charge in [0.1, 0.15) is 10.1 Å². The van der Waals surface area contributed by atoms with Crippen molar-refractivity contribution in [1.29, 1.82) is 0 Å². The lowest BCUT2D eigenvalue weighted by atomic mass is 10.3. The molecular weight excluding hydrogens is 322 g/mol. The number of amides is 1. The van der Waals surface area contributed by atoms with Crippen molar-refractivity contribution in [3.8, 4) is 0 Å². The van der Waals surface area contributed by atoms with Crippen LogP contribution in [0.5, 0.6) is 0 Å². The second-order valence-electron chi connectivity index (χ2n) is 4.67. The maximum atomic E-state index is 12.3. The highest BCUT2D eigenvalue weighted by Crippen LogP contribution is 2.32. The number of carbonyl (C=O) groups is 2. The molecule has 0 unspecified atom stereocenters. The summed E-state index contributed by atoms with van der Waals surface area (Å²) < 4.78 is 10.7. The number of unbranched alkanes of at least 4 members (excludes halogenated alkanes) is 1. The summed E-state index contributed by atoms with van der Waals surface area (Å²) in [6.45, 7) is 2.69. The van der Waals surface area contributed by atoms with Crippen molar-refractivity contribution in [2.45, 2.75) is 26.2 Å². The van der Waals surface area contributed by atoms with E-state index in [1.54, 1.807) is 24.5 Å². The summed E-state index contributed by atoms with van der Waals surface area (Å²) in [5.74, 6) is 0.0877. The summed E-state index contributed by atoms with van der Waals surface area (Å²) in [6, 6.07) is 3.51. The lowest BCUT2D eigenvalue weighted by Gasteiger charge is -2.13. The second-order valence-corrected chi connectivity index (χ2v) is 6.35. The predicted molar refractivity (Wildman–Crippen MR) is 89.1 cm³/mol. The Kier molecular flexibility index (Phi) is 6.21. The lowest BCUT2D eigenvalue weighted by Crippen LogP contribution is -2.30. The molecule has 2 heterocycles. The number of furan rings is 1. The van der Waals surface area contributed by atoms with E-state index in [9.17, 15) is 9.59 Å². The summed E-state index contributed by atoms with van der Waals surface area (Å²) in [4.78, 5) is 25.8. The SMILES string of the molecule is CCCCOC(=O)CCN1C(=O)/C(=C\c2ccco2)SC1=S. The number of rotatable bonds is 7. The number of ether oxygens (including phenoxy) is 1. The molecule has 1 saturated heterocycles. The van der Waals surface area contributed by atoms with Crippen LogP contribution in [-0.2, 0) is 14.3 Å². The van der Waals surface area contributed by atoms with Gasteiger partial charge in [-0.05, 0) is 18.6 Å². The number of esters is 1. The van der Waals surface area contributed by atoms with Gasteiger partial charge in [0.05, 0.1) is 24.2 Å². The summed E-state index contributed by atoms with van der Waals surface area (Å²) in [5, 5.41) is 0. The van der Waals surface area contributed by atoms with Crippen molar-refractivity contribution in [2.24, 2.45) is 0 Å². The fourth-order valence-corrected chi connectivity index (χ4v) is 3.09. The van der Waals surface area contributed by atoms with Crippen molar-refractivity contribution in [3.05, 3.63) is 29.1 Å². The van der Waals surface area contributed by atoms with Crippen LogP contribution in [0.25, 0.3) is 6.08 Å². The van der Waals surface area contributed by atoms with Crippen molar-refractivity contribution in [2.75, 3.05) is 13.2 Å². The third kappa shape index (κ3) is 4.45. The number of thiocarbonyl (C=S) groups is 1. The Balaban J connectivity index is 1.88. The molecule has 118 valence electrons. The van der Waals surface area contributed by atoms with E-state index in [4.69, 9.17) is 21.4 Å². The van der Waals surface area contributed by atoms with Crippen LogP contribution in [0.15, 0.2) is 27.7 Å². The molecule has 1 amide bonds. The van der Waals surface area contributed by atoms with E-state index in [0.29, 0.717) is 21.6 Å². The normalized spacial score (nSPS) is 16.6. The van der Waals surface area contributed by atoms with Crippen LogP contribution in [0.2, 0.25) is 0 Å². The largest absolute Gasteiger partial charge is 0.466 e. The molecule has 0 radical (unpaired) electrons. The van der Waals surface area contributed by atoms with Crippen molar-refractivity contribution in [1.82, 2.24) is 4.90 Å². The molecular formula is C15H17NO4S2. The summed E-state index contributed by atoms with van der Waals surface area (Å²) in [7, 11) is 0. The van der Waals surface area contributed by atoms with Crippen LogP contribution < -0.4 is 0 Å². The van der Waals surface area contributed by atoms with Gasteiger partial charge in [-0.3, -0.25) is 14.5 Å². The van der Waals surface area contributed by atoms with Crippen LogP contribution in [0, 0.1) is 0 Å². The first-order valence-corrected chi connectivity index (χ1v) is 8.28. The Hall–Kier alpha value is -1.60. The van der Waals surface area contributed by atoms with Crippen molar-refractivity contribution >= 4 is 46.3 Å². The van der Waals surface area contributed by atoms with Gasteiger partial charge < -0.3 is 9.15 Å². The van der Waals surface area contributed by atoms with E-state index >= 15 is 0 Å². The van der Waals surface area contributed by atoms with Crippen molar-refractivity contribution < 1.29 is 18.7 Å². The number of hydrogen-bond acceptors (Lipinski definition) is 6. The van der Waals surface area contributed by atoms with Gasteiger partial charge in [0.15, 0.2) is 0 Å². The Labute approximate surface area is 138 Å². The second kappa shape index (κ2) is 8.14. The van der Waals surface area contributed by atoms with E-state index < -0.39 is 0 Å². The third-order valence-corrected chi connectivity index (χ3v) is 4.37. The van der Waals surface area contributed by atoms with Gasteiger partial charge in [0.25, 0.3) is 5.91 Å². The highest BCUT2D eigenvalue weighted by molar-refractivity contribution is 8.26. The van der Waals surface area contributed by atoms with E-state index in [2.05, 4.69) is 0 Å². The molecule has 1 fully saturated rings. The Bertz CT molecular complexity index is 580. The number of thioether (sulfide) groups is 1. The van der Waals surface area contributed by atoms with Gasteiger partial charge in [0, 0.05) is 12.6 Å². The molecule has 7 heteroatoms. The fraction of sp³-hybridized carbons (Fsp3) is 0.400. The van der Waals surface area contributed by atoms with E-state index in [-0.39, 0.29) is 24.8 Å². The van der Waals surface area contributed by atoms with E-state index in [1.807, 2.05) is 6.92 Å². The first-order valence-electron chi connectivity index (χ1n) is 7.06. The Morgan fingerprint density at radius 3 is 3.05 bits per heavy atom. The van der Waals surface area contributed by atoms with Crippen LogP contribution >= 0.6 is 24.0 Å². The van der Waals surface area contributed by atoms with Gasteiger partial charge in [0.2, 0.25) is 0 Å². The molecule has 0 atom stereocenters. The summed E-state index contributed by atoms with van der Waals surface area (Å²) in [5.41, 5.74) is 0. The monoisotopic (exact) mass is 339 g/mol. The average molecular weight is 339 g/mol. The minimum Gasteiger partial charge on any atom is -0.466 e. The zero-order valence-corrected chi connectivity index (χ0v) is 13.9. The quantitative estimate of drug-likeness (QED) is 0.329. The van der Waals surface area contributed by atoms with Gasteiger partial charge in [-0.1, -0.05) is 37.3 Å². The van der Waals surface area contributed by atoms with E-state index in [0.717, 1.165) is 12.8 Å². The smallest absolute Gasteiger partial charge is 0.307 e. The average Bonchev–Trinajstić information content (AvgIpc) is 3.08. The summed E-state index contributed by atoms with van der Waals surface area (Å²) >= 11 is 6.40. The van der Waals surface area contributed by atoms with E-state index in [1.165, 1.54) is 16.7 Å².